The van der Waals surface area contributed by atoms with Crippen molar-refractivity contribution in [1.82, 2.24) is 0 Å². The summed E-state index contributed by atoms with van der Waals surface area (Å²) < 4.78 is 51.3. The topological polar surface area (TPSA) is 113 Å². The molecule has 0 aliphatic carbocycles. The third-order valence-electron chi connectivity index (χ3n) is 7.03. The average Bonchev–Trinajstić information content (AvgIpc) is 3.13. The SMILES string of the molecule is CC1(C)OC(C[C@@H](CCO)c2ccccc2F)=NS(=O)(=O)C1c1ccc(N2C(=O)c3ccccc3C2=O)cc1. The van der Waals surface area contributed by atoms with Crippen molar-refractivity contribution in [3.05, 3.63) is 101 Å². The fourth-order valence-corrected chi connectivity index (χ4v) is 7.11. The first kappa shape index (κ1) is 26.7. The predicted octanol–water partition coefficient (Wildman–Crippen LogP) is 4.76. The molecule has 0 saturated carbocycles. The molecule has 202 valence electrons. The van der Waals surface area contributed by atoms with Gasteiger partial charge in [0.1, 0.15) is 16.7 Å². The lowest BCUT2D eigenvalue weighted by atomic mass is 9.91. The first-order valence-electron chi connectivity index (χ1n) is 12.5. The molecule has 2 atom stereocenters. The standard InChI is InChI=1S/C29H27FN2O6S/c1-29(2)26(18-11-13-20(14-12-18)32-27(34)22-8-3-4-9-23(22)28(32)35)39(36,37)31-25(38-29)17-19(15-16-33)21-7-5-6-10-24(21)30/h3-14,19,26,33H,15-17H2,1-2H3/t19-,26?/m1/s1. The number of rotatable bonds is 7. The lowest BCUT2D eigenvalue weighted by molar-refractivity contribution is 0.0796. The number of hydrogen-bond acceptors (Lipinski definition) is 6. The molecule has 2 aliphatic heterocycles. The van der Waals surface area contributed by atoms with Gasteiger partial charge in [-0.15, -0.1) is 4.40 Å². The van der Waals surface area contributed by atoms with E-state index in [2.05, 4.69) is 4.40 Å². The van der Waals surface area contributed by atoms with Gasteiger partial charge >= 0.3 is 0 Å². The molecular formula is C29H27FN2O6S. The van der Waals surface area contributed by atoms with E-state index in [9.17, 15) is 27.5 Å². The van der Waals surface area contributed by atoms with Crippen molar-refractivity contribution in [1.29, 1.82) is 0 Å². The number of fused-ring (bicyclic) bond motifs is 1. The van der Waals surface area contributed by atoms with Gasteiger partial charge in [0.15, 0.2) is 0 Å². The number of sulfonamides is 1. The van der Waals surface area contributed by atoms with Gasteiger partial charge in [-0.2, -0.15) is 0 Å². The summed E-state index contributed by atoms with van der Waals surface area (Å²) >= 11 is 0. The van der Waals surface area contributed by atoms with E-state index in [1.54, 1.807) is 68.4 Å². The highest BCUT2D eigenvalue weighted by atomic mass is 32.2. The molecule has 0 spiro atoms. The van der Waals surface area contributed by atoms with E-state index in [4.69, 9.17) is 4.74 Å². The van der Waals surface area contributed by atoms with Crippen LogP contribution in [0.4, 0.5) is 10.1 Å². The lowest BCUT2D eigenvalue weighted by Crippen LogP contribution is -2.43. The van der Waals surface area contributed by atoms with Crippen molar-refractivity contribution in [3.8, 4) is 0 Å². The maximum absolute atomic E-state index is 14.4. The molecule has 3 aromatic rings. The molecule has 2 heterocycles. The highest BCUT2D eigenvalue weighted by Gasteiger charge is 2.47. The Morgan fingerprint density at radius 1 is 0.974 bits per heavy atom. The Morgan fingerprint density at radius 2 is 1.56 bits per heavy atom. The number of aliphatic hydroxyl groups excluding tert-OH is 1. The Morgan fingerprint density at radius 3 is 2.13 bits per heavy atom. The second-order valence-electron chi connectivity index (χ2n) is 10.1. The fourth-order valence-electron chi connectivity index (χ4n) is 5.34. The van der Waals surface area contributed by atoms with E-state index in [-0.39, 0.29) is 25.3 Å². The summed E-state index contributed by atoms with van der Waals surface area (Å²) in [5.74, 6) is -1.93. The highest BCUT2D eigenvalue weighted by molar-refractivity contribution is 7.90. The normalized spacial score (nSPS) is 20.3. The number of ether oxygens (including phenoxy) is 1. The number of aliphatic hydroxyl groups is 1. The van der Waals surface area contributed by atoms with Gasteiger partial charge in [0, 0.05) is 13.0 Å². The minimum Gasteiger partial charge on any atom is -0.472 e. The van der Waals surface area contributed by atoms with Crippen molar-refractivity contribution in [3.63, 3.8) is 0 Å². The van der Waals surface area contributed by atoms with Crippen molar-refractivity contribution >= 4 is 33.4 Å². The summed E-state index contributed by atoms with van der Waals surface area (Å²) in [6, 6.07) is 18.8. The first-order valence-corrected chi connectivity index (χ1v) is 14.0. The molecule has 8 nitrogen and oxygen atoms in total. The zero-order chi connectivity index (χ0) is 27.9. The van der Waals surface area contributed by atoms with E-state index in [0.717, 1.165) is 4.90 Å². The minimum absolute atomic E-state index is 0.00441. The van der Waals surface area contributed by atoms with Gasteiger partial charge < -0.3 is 9.84 Å². The van der Waals surface area contributed by atoms with Gasteiger partial charge in [0.05, 0.1) is 16.8 Å². The number of hydrogen-bond donors (Lipinski definition) is 1. The molecule has 2 aliphatic rings. The Hall–Kier alpha value is -3.89. The van der Waals surface area contributed by atoms with Gasteiger partial charge in [-0.3, -0.25) is 9.59 Å². The summed E-state index contributed by atoms with van der Waals surface area (Å²) in [6.07, 6.45) is 0.196. The van der Waals surface area contributed by atoms with Crippen LogP contribution in [0.15, 0.2) is 77.2 Å². The number of carbonyl (C=O) groups is 2. The van der Waals surface area contributed by atoms with Gasteiger partial charge in [-0.05, 0) is 67.6 Å². The van der Waals surface area contributed by atoms with Crippen LogP contribution in [0.25, 0.3) is 0 Å². The number of nitrogens with zero attached hydrogens (tertiary/aromatic N) is 2. The van der Waals surface area contributed by atoms with E-state index in [1.807, 2.05) is 0 Å². The van der Waals surface area contributed by atoms with Crippen LogP contribution in [0, 0.1) is 5.82 Å². The number of halogens is 1. The van der Waals surface area contributed by atoms with Crippen molar-refractivity contribution in [2.45, 2.75) is 43.5 Å². The Balaban J connectivity index is 1.42. The summed E-state index contributed by atoms with van der Waals surface area (Å²) in [4.78, 5) is 26.7. The van der Waals surface area contributed by atoms with E-state index >= 15 is 0 Å². The largest absolute Gasteiger partial charge is 0.472 e. The lowest BCUT2D eigenvalue weighted by Gasteiger charge is -2.38. The van der Waals surface area contributed by atoms with Gasteiger partial charge in [0.25, 0.3) is 21.8 Å². The predicted molar refractivity (Wildman–Crippen MR) is 144 cm³/mol. The second-order valence-corrected chi connectivity index (χ2v) is 11.8. The molecule has 1 unspecified atom stereocenters. The zero-order valence-corrected chi connectivity index (χ0v) is 22.2. The van der Waals surface area contributed by atoms with Crippen LogP contribution < -0.4 is 4.90 Å². The van der Waals surface area contributed by atoms with Crippen LogP contribution in [-0.2, 0) is 14.8 Å². The number of imide groups is 1. The molecule has 39 heavy (non-hydrogen) atoms. The molecule has 0 saturated heterocycles. The molecular weight excluding hydrogens is 523 g/mol. The highest BCUT2D eigenvalue weighted by Crippen LogP contribution is 2.42. The van der Waals surface area contributed by atoms with Crippen molar-refractivity contribution in [2.24, 2.45) is 4.40 Å². The third-order valence-corrected chi connectivity index (χ3v) is 8.92. The second kappa shape index (κ2) is 10.0. The quantitative estimate of drug-likeness (QED) is 0.425. The monoisotopic (exact) mass is 550 g/mol. The maximum atomic E-state index is 14.4. The van der Waals surface area contributed by atoms with Gasteiger partial charge in [-0.25, -0.2) is 17.7 Å². The molecule has 0 aromatic heterocycles. The van der Waals surface area contributed by atoms with Crippen LogP contribution in [0.1, 0.15) is 69.7 Å². The molecule has 0 fully saturated rings. The molecule has 1 N–H and O–H groups in total. The number of benzene rings is 3. The number of anilines is 1. The molecule has 0 radical (unpaired) electrons. The van der Waals surface area contributed by atoms with E-state index in [0.29, 0.717) is 27.9 Å². The van der Waals surface area contributed by atoms with Crippen LogP contribution in [0.3, 0.4) is 0 Å². The smallest absolute Gasteiger partial charge is 0.267 e. The number of amides is 2. The first-order chi connectivity index (χ1) is 18.5. The molecule has 5 rings (SSSR count). The zero-order valence-electron chi connectivity index (χ0n) is 21.4. The molecule has 2 amide bonds. The molecule has 0 bridgehead atoms. The Labute approximate surface area is 225 Å². The van der Waals surface area contributed by atoms with Crippen LogP contribution in [0.2, 0.25) is 0 Å². The molecule has 3 aromatic carbocycles. The van der Waals surface area contributed by atoms with Gasteiger partial charge in [-0.1, -0.05) is 42.5 Å². The summed E-state index contributed by atoms with van der Waals surface area (Å²) in [6.45, 7) is 3.04. The van der Waals surface area contributed by atoms with E-state index < -0.39 is 44.4 Å². The van der Waals surface area contributed by atoms with Crippen LogP contribution in [0.5, 0.6) is 0 Å². The Kier molecular flexibility index (Phi) is 6.86. The molecule has 10 heteroatoms. The summed E-state index contributed by atoms with van der Waals surface area (Å²) in [7, 11) is -4.12. The fraction of sp³-hybridized carbons (Fsp3) is 0.276. The van der Waals surface area contributed by atoms with Crippen LogP contribution >= 0.6 is 0 Å². The Bertz CT molecular complexity index is 1550. The average molecular weight is 551 g/mol. The summed E-state index contributed by atoms with van der Waals surface area (Å²) in [5, 5.41) is 8.36. The maximum Gasteiger partial charge on any atom is 0.267 e. The minimum atomic E-state index is -4.12. The number of carbonyl (C=O) groups excluding carboxylic acids is 2. The van der Waals surface area contributed by atoms with E-state index in [1.165, 1.54) is 18.2 Å². The third kappa shape index (κ3) is 4.86. The van der Waals surface area contributed by atoms with Gasteiger partial charge in [0.2, 0.25) is 5.90 Å². The van der Waals surface area contributed by atoms with Crippen molar-refractivity contribution in [2.75, 3.05) is 11.5 Å². The summed E-state index contributed by atoms with van der Waals surface area (Å²) in [5.41, 5.74) is 0.424. The van der Waals surface area contributed by atoms with Crippen molar-refractivity contribution < 1.29 is 32.2 Å². The van der Waals surface area contributed by atoms with Crippen LogP contribution in [-0.4, -0.2) is 43.4 Å².